The highest BCUT2D eigenvalue weighted by atomic mass is 32.2. The van der Waals surface area contributed by atoms with Gasteiger partial charge in [-0.25, -0.2) is 4.79 Å². The highest BCUT2D eigenvalue weighted by Crippen LogP contribution is 2.33. The molecule has 0 saturated carbocycles. The molecule has 0 atom stereocenters. The fourth-order valence-corrected chi connectivity index (χ4v) is 3.02. The summed E-state index contributed by atoms with van der Waals surface area (Å²) in [4.78, 5) is 12.7. The summed E-state index contributed by atoms with van der Waals surface area (Å²) < 4.78 is 43.2. The summed E-state index contributed by atoms with van der Waals surface area (Å²) in [6, 6.07) is 5.94. The van der Waals surface area contributed by atoms with Gasteiger partial charge in [0.1, 0.15) is 11.1 Å². The highest BCUT2D eigenvalue weighted by Gasteiger charge is 2.30. The van der Waals surface area contributed by atoms with Gasteiger partial charge in [0.15, 0.2) is 5.57 Å². The van der Waals surface area contributed by atoms with Gasteiger partial charge in [0.2, 0.25) is 0 Å². The van der Waals surface area contributed by atoms with Crippen LogP contribution >= 0.6 is 11.8 Å². The Kier molecular flexibility index (Phi) is 8.48. The summed E-state index contributed by atoms with van der Waals surface area (Å²) in [7, 11) is 1.51. The van der Waals surface area contributed by atoms with Crippen LogP contribution in [0, 0.1) is 11.3 Å². The number of thioether (sulfide) groups is 1. The van der Waals surface area contributed by atoms with Crippen molar-refractivity contribution in [1.29, 1.82) is 5.26 Å². The number of rotatable bonds is 9. The number of carboxylic acid groups (broad SMARTS) is 1. The molecular weight excluding hydrogens is 369 g/mol. The molecule has 0 bridgehead atoms. The second kappa shape index (κ2) is 10.1. The summed E-state index contributed by atoms with van der Waals surface area (Å²) in [6.07, 6.45) is -3.82. The van der Waals surface area contributed by atoms with Crippen molar-refractivity contribution in [3.8, 4) is 6.07 Å². The van der Waals surface area contributed by atoms with Crippen molar-refractivity contribution in [2.45, 2.75) is 19.5 Å². The number of carboxylic acids is 1. The fraction of sp³-hybridized carbons (Fsp3) is 0.412. The Balaban J connectivity index is 3.06. The van der Waals surface area contributed by atoms with Crippen LogP contribution in [0.5, 0.6) is 0 Å². The largest absolute Gasteiger partial charge is 0.477 e. The van der Waals surface area contributed by atoms with E-state index in [2.05, 4.69) is 0 Å². The van der Waals surface area contributed by atoms with Gasteiger partial charge in [-0.05, 0) is 37.6 Å². The lowest BCUT2D eigenvalue weighted by Crippen LogP contribution is -2.19. The maximum absolute atomic E-state index is 12.7. The first-order chi connectivity index (χ1) is 12.2. The van der Waals surface area contributed by atoms with Crippen LogP contribution in [0.15, 0.2) is 34.9 Å². The molecule has 26 heavy (non-hydrogen) atoms. The number of benzene rings is 1. The molecule has 0 aliphatic carbocycles. The number of alkyl halides is 3. The molecule has 0 unspecified atom stereocenters. The molecule has 9 heteroatoms. The number of halogens is 3. The molecule has 0 amide bonds. The molecule has 1 aromatic carbocycles. The minimum atomic E-state index is -4.46. The maximum atomic E-state index is 12.7. The Morgan fingerprint density at radius 1 is 1.35 bits per heavy atom. The first kappa shape index (κ1) is 21.9. The van der Waals surface area contributed by atoms with Gasteiger partial charge >= 0.3 is 12.1 Å². The van der Waals surface area contributed by atoms with E-state index < -0.39 is 23.3 Å². The van der Waals surface area contributed by atoms with Crippen molar-refractivity contribution in [2.24, 2.45) is 0 Å². The Hall–Kier alpha value is -2.18. The van der Waals surface area contributed by atoms with E-state index in [1.165, 1.54) is 24.1 Å². The molecule has 5 nitrogen and oxygen atoms in total. The number of hydrogen-bond donors (Lipinski definition) is 1. The molecule has 1 aromatic rings. The zero-order valence-corrected chi connectivity index (χ0v) is 15.2. The summed E-state index contributed by atoms with van der Waals surface area (Å²) >= 11 is 1.15. The smallest absolute Gasteiger partial charge is 0.416 e. The number of ether oxygens (including phenoxy) is 1. The Labute approximate surface area is 154 Å². The second-order valence-electron chi connectivity index (χ2n) is 5.10. The molecule has 1 rings (SSSR count). The quantitative estimate of drug-likeness (QED) is 0.390. The molecule has 0 heterocycles. The predicted octanol–water partition coefficient (Wildman–Crippen LogP) is 4.12. The second-order valence-corrected chi connectivity index (χ2v) is 6.18. The van der Waals surface area contributed by atoms with E-state index in [4.69, 9.17) is 10.00 Å². The van der Waals surface area contributed by atoms with E-state index in [1.807, 2.05) is 6.92 Å². The zero-order chi connectivity index (χ0) is 19.7. The standard InChI is InChI=1S/C17H19F3N2O3S/c1-3-25-9-4-10-26-15(14(11-21)16(23)24)22(2)13-7-5-12(6-8-13)17(18,19)20/h5-8H,3-4,9-10H2,1-2H3,(H,23,24). The van der Waals surface area contributed by atoms with E-state index in [0.717, 1.165) is 23.9 Å². The van der Waals surface area contributed by atoms with E-state index in [0.29, 0.717) is 31.1 Å². The number of anilines is 1. The van der Waals surface area contributed by atoms with E-state index >= 15 is 0 Å². The van der Waals surface area contributed by atoms with Crippen LogP contribution in [-0.2, 0) is 15.7 Å². The highest BCUT2D eigenvalue weighted by molar-refractivity contribution is 8.03. The van der Waals surface area contributed by atoms with Crippen molar-refractivity contribution < 1.29 is 27.8 Å². The van der Waals surface area contributed by atoms with Crippen molar-refractivity contribution in [1.82, 2.24) is 0 Å². The molecule has 0 aromatic heterocycles. The first-order valence-electron chi connectivity index (χ1n) is 7.71. The normalized spacial score (nSPS) is 12.3. The van der Waals surface area contributed by atoms with Crippen LogP contribution in [0.4, 0.5) is 18.9 Å². The van der Waals surface area contributed by atoms with Gasteiger partial charge in [0.05, 0.1) is 5.56 Å². The molecule has 0 radical (unpaired) electrons. The maximum Gasteiger partial charge on any atom is 0.416 e. The number of nitrogens with zero attached hydrogens (tertiary/aromatic N) is 2. The van der Waals surface area contributed by atoms with Gasteiger partial charge in [0, 0.05) is 31.7 Å². The molecule has 0 aliphatic heterocycles. The average molecular weight is 388 g/mol. The molecular formula is C17H19F3N2O3S. The van der Waals surface area contributed by atoms with Gasteiger partial charge in [-0.15, -0.1) is 11.8 Å². The van der Waals surface area contributed by atoms with Crippen molar-refractivity contribution in [3.63, 3.8) is 0 Å². The van der Waals surface area contributed by atoms with Crippen LogP contribution in [0.3, 0.4) is 0 Å². The Morgan fingerprint density at radius 2 is 1.96 bits per heavy atom. The lowest BCUT2D eigenvalue weighted by Gasteiger charge is -2.23. The molecule has 0 fully saturated rings. The number of hydrogen-bond acceptors (Lipinski definition) is 5. The monoisotopic (exact) mass is 388 g/mol. The summed E-state index contributed by atoms with van der Waals surface area (Å²) in [5.74, 6) is -0.891. The minimum absolute atomic E-state index is 0.163. The number of carbonyl (C=O) groups is 1. The minimum Gasteiger partial charge on any atom is -0.477 e. The first-order valence-corrected chi connectivity index (χ1v) is 8.70. The summed E-state index contributed by atoms with van der Waals surface area (Å²) in [5.41, 5.74) is -0.920. The van der Waals surface area contributed by atoms with Gasteiger partial charge in [0.25, 0.3) is 0 Å². The average Bonchev–Trinajstić information content (AvgIpc) is 2.59. The summed E-state index contributed by atoms with van der Waals surface area (Å²) in [6.45, 7) is 2.92. The molecule has 1 N–H and O–H groups in total. The van der Waals surface area contributed by atoms with Gasteiger partial charge < -0.3 is 14.7 Å². The van der Waals surface area contributed by atoms with Crippen LogP contribution < -0.4 is 4.90 Å². The molecule has 0 aliphatic rings. The third-order valence-electron chi connectivity index (χ3n) is 3.30. The number of aliphatic carboxylic acids is 1. The predicted molar refractivity (Wildman–Crippen MR) is 93.7 cm³/mol. The van der Waals surface area contributed by atoms with Crippen LogP contribution in [0.1, 0.15) is 18.9 Å². The van der Waals surface area contributed by atoms with Crippen molar-refractivity contribution in [2.75, 3.05) is 30.9 Å². The van der Waals surface area contributed by atoms with Crippen LogP contribution in [0.25, 0.3) is 0 Å². The van der Waals surface area contributed by atoms with Gasteiger partial charge in [-0.2, -0.15) is 18.4 Å². The molecule has 0 spiro atoms. The fourth-order valence-electron chi connectivity index (χ4n) is 1.99. The molecule has 142 valence electrons. The van der Waals surface area contributed by atoms with E-state index in [1.54, 1.807) is 6.07 Å². The zero-order valence-electron chi connectivity index (χ0n) is 14.3. The Bertz CT molecular complexity index is 682. The molecule has 0 saturated heterocycles. The van der Waals surface area contributed by atoms with E-state index in [9.17, 15) is 23.1 Å². The summed E-state index contributed by atoms with van der Waals surface area (Å²) in [5, 5.41) is 18.6. The third kappa shape index (κ3) is 6.28. The van der Waals surface area contributed by atoms with Crippen LogP contribution in [0.2, 0.25) is 0 Å². The topological polar surface area (TPSA) is 73.6 Å². The lowest BCUT2D eigenvalue weighted by molar-refractivity contribution is -0.137. The van der Waals surface area contributed by atoms with Crippen molar-refractivity contribution in [3.05, 3.63) is 40.4 Å². The van der Waals surface area contributed by atoms with Crippen LogP contribution in [-0.4, -0.2) is 37.1 Å². The number of nitriles is 1. The Morgan fingerprint density at radius 3 is 2.42 bits per heavy atom. The van der Waals surface area contributed by atoms with Crippen molar-refractivity contribution >= 4 is 23.4 Å². The lowest BCUT2D eigenvalue weighted by atomic mass is 10.2. The van der Waals surface area contributed by atoms with E-state index in [-0.39, 0.29) is 5.03 Å². The van der Waals surface area contributed by atoms with Gasteiger partial charge in [-0.1, -0.05) is 0 Å². The SMILES string of the molecule is CCOCCCSC(=C(C#N)C(=O)O)N(C)c1ccc(C(F)(F)F)cc1. The third-order valence-corrected chi connectivity index (χ3v) is 4.55. The van der Waals surface area contributed by atoms with Gasteiger partial charge in [-0.3, -0.25) is 0 Å².